The van der Waals surface area contributed by atoms with E-state index in [1.807, 2.05) is 30.3 Å². The van der Waals surface area contributed by atoms with Crippen molar-refractivity contribution in [3.8, 4) is 0 Å². The second-order valence-electron chi connectivity index (χ2n) is 4.53. The molecule has 0 saturated heterocycles. The van der Waals surface area contributed by atoms with Crippen LogP contribution in [0.5, 0.6) is 0 Å². The van der Waals surface area contributed by atoms with Crippen molar-refractivity contribution in [2.75, 3.05) is 5.73 Å². The predicted octanol–water partition coefficient (Wildman–Crippen LogP) is 2.54. The Bertz CT molecular complexity index is 603. The van der Waals surface area contributed by atoms with E-state index >= 15 is 0 Å². The van der Waals surface area contributed by atoms with Gasteiger partial charge >= 0.3 is 0 Å². The molecule has 104 valence electrons. The number of carbonyl (C=O) groups excluding carboxylic acids is 1. The van der Waals surface area contributed by atoms with Gasteiger partial charge in [-0.3, -0.25) is 0 Å². The van der Waals surface area contributed by atoms with E-state index in [1.54, 1.807) is 12.3 Å². The first-order valence-electron chi connectivity index (χ1n) is 6.25. The molecule has 2 rings (SSSR count). The van der Waals surface area contributed by atoms with E-state index in [1.165, 1.54) is 0 Å². The molecule has 0 aliphatic heterocycles. The summed E-state index contributed by atoms with van der Waals surface area (Å²) in [5.74, 6) is 0.135. The van der Waals surface area contributed by atoms with Crippen molar-refractivity contribution in [3.05, 3.63) is 59.3 Å². The van der Waals surface area contributed by atoms with Gasteiger partial charge in [0.1, 0.15) is 12.1 Å². The molecule has 1 heterocycles. The van der Waals surface area contributed by atoms with Crippen LogP contribution in [-0.2, 0) is 11.3 Å². The Balaban J connectivity index is 2.33. The summed E-state index contributed by atoms with van der Waals surface area (Å²) in [7, 11) is 0. The van der Waals surface area contributed by atoms with Gasteiger partial charge in [0.2, 0.25) is 0 Å². The molecule has 1 aromatic carbocycles. The lowest BCUT2D eigenvalue weighted by molar-refractivity contribution is -0.109. The summed E-state index contributed by atoms with van der Waals surface area (Å²) in [4.78, 5) is 15.3. The van der Waals surface area contributed by atoms with Crippen LogP contribution in [0, 0.1) is 0 Å². The molecule has 0 fully saturated rings. The van der Waals surface area contributed by atoms with Crippen LogP contribution in [0.1, 0.15) is 27.4 Å². The summed E-state index contributed by atoms with van der Waals surface area (Å²) in [6, 6.07) is 11.4. The minimum absolute atomic E-state index is 0.154. The monoisotopic (exact) mass is 333 g/mol. The third-order valence-electron chi connectivity index (χ3n) is 3.16. The molecule has 0 radical (unpaired) electrons. The highest BCUT2D eigenvalue weighted by molar-refractivity contribution is 9.09. The van der Waals surface area contributed by atoms with Gasteiger partial charge in [0.25, 0.3) is 0 Å². The Kier molecular flexibility index (Phi) is 4.87. The first-order valence-corrected chi connectivity index (χ1v) is 7.17. The number of halogens is 1. The van der Waals surface area contributed by atoms with E-state index in [0.29, 0.717) is 12.4 Å². The molecule has 5 heteroatoms. The summed E-state index contributed by atoms with van der Waals surface area (Å²) >= 11 is 3.58. The molecule has 1 aromatic heterocycles. The quantitative estimate of drug-likeness (QED) is 0.650. The number of nitrogens with zero attached hydrogens (tertiary/aromatic N) is 1. The fraction of sp³-hybridized carbons (Fsp3) is 0.200. The van der Waals surface area contributed by atoms with Gasteiger partial charge in [-0.25, -0.2) is 4.98 Å². The van der Waals surface area contributed by atoms with E-state index in [4.69, 9.17) is 11.5 Å². The summed E-state index contributed by atoms with van der Waals surface area (Å²) in [6.45, 7) is 0.453. The Morgan fingerprint density at radius 2 is 2.05 bits per heavy atom. The SMILES string of the molecule is NCc1cccc(C(C=O)C(Br)c2ccnc(N)c2)c1. The number of benzene rings is 1. The summed E-state index contributed by atoms with van der Waals surface area (Å²) in [5, 5.41) is 0. The molecule has 4 nitrogen and oxygen atoms in total. The average molecular weight is 334 g/mol. The summed E-state index contributed by atoms with van der Waals surface area (Å²) in [5.41, 5.74) is 14.2. The van der Waals surface area contributed by atoms with Crippen LogP contribution >= 0.6 is 15.9 Å². The number of aldehydes is 1. The zero-order valence-electron chi connectivity index (χ0n) is 10.9. The molecular weight excluding hydrogens is 318 g/mol. The molecule has 0 bridgehead atoms. The molecule has 4 N–H and O–H groups in total. The first kappa shape index (κ1) is 14.7. The van der Waals surface area contributed by atoms with Gasteiger partial charge in [-0.1, -0.05) is 40.2 Å². The maximum Gasteiger partial charge on any atom is 0.128 e. The Labute approximate surface area is 126 Å². The van der Waals surface area contributed by atoms with Crippen molar-refractivity contribution in [3.63, 3.8) is 0 Å². The maximum atomic E-state index is 11.5. The number of pyridine rings is 1. The van der Waals surface area contributed by atoms with Crippen LogP contribution in [0.25, 0.3) is 0 Å². The number of hydrogen-bond acceptors (Lipinski definition) is 4. The molecule has 0 amide bonds. The van der Waals surface area contributed by atoms with Gasteiger partial charge in [0.05, 0.1) is 10.7 Å². The third kappa shape index (κ3) is 3.23. The molecule has 0 aliphatic rings. The number of rotatable bonds is 5. The Hall–Kier alpha value is -1.72. The van der Waals surface area contributed by atoms with Gasteiger partial charge in [0.15, 0.2) is 0 Å². The number of nitrogens with two attached hydrogens (primary N) is 2. The largest absolute Gasteiger partial charge is 0.384 e. The van der Waals surface area contributed by atoms with Crippen molar-refractivity contribution in [1.82, 2.24) is 4.98 Å². The standard InChI is InChI=1S/C15H16BrN3O/c16-15(12-4-5-19-14(18)7-12)13(9-20)11-3-1-2-10(6-11)8-17/h1-7,9,13,15H,8,17H2,(H2,18,19). The molecule has 0 spiro atoms. The maximum absolute atomic E-state index is 11.5. The van der Waals surface area contributed by atoms with E-state index < -0.39 is 0 Å². The molecule has 0 saturated carbocycles. The fourth-order valence-electron chi connectivity index (χ4n) is 2.09. The van der Waals surface area contributed by atoms with Gasteiger partial charge in [0, 0.05) is 12.7 Å². The lowest BCUT2D eigenvalue weighted by atomic mass is 9.92. The number of aromatic nitrogens is 1. The lowest BCUT2D eigenvalue weighted by Crippen LogP contribution is -2.09. The highest BCUT2D eigenvalue weighted by Gasteiger charge is 2.22. The molecule has 20 heavy (non-hydrogen) atoms. The number of alkyl halides is 1. The van der Waals surface area contributed by atoms with Crippen LogP contribution < -0.4 is 11.5 Å². The summed E-state index contributed by atoms with van der Waals surface area (Å²) in [6.07, 6.45) is 2.57. The number of nitrogen functional groups attached to an aromatic ring is 1. The number of anilines is 1. The minimum atomic E-state index is -0.303. The van der Waals surface area contributed by atoms with Crippen LogP contribution in [0.15, 0.2) is 42.6 Å². The Morgan fingerprint density at radius 1 is 1.25 bits per heavy atom. The molecule has 2 aromatic rings. The molecule has 2 atom stereocenters. The molecule has 2 unspecified atom stereocenters. The highest BCUT2D eigenvalue weighted by Crippen LogP contribution is 2.37. The van der Waals surface area contributed by atoms with Crippen LogP contribution in [0.3, 0.4) is 0 Å². The van der Waals surface area contributed by atoms with Gasteiger partial charge in [-0.15, -0.1) is 0 Å². The van der Waals surface area contributed by atoms with Crippen molar-refractivity contribution < 1.29 is 4.79 Å². The topological polar surface area (TPSA) is 82.0 Å². The predicted molar refractivity (Wildman–Crippen MR) is 83.5 cm³/mol. The molecule has 0 aliphatic carbocycles. The number of hydrogen-bond donors (Lipinski definition) is 2. The van der Waals surface area contributed by atoms with E-state index in [2.05, 4.69) is 20.9 Å². The second-order valence-corrected chi connectivity index (χ2v) is 5.51. The van der Waals surface area contributed by atoms with Crippen LogP contribution in [-0.4, -0.2) is 11.3 Å². The van der Waals surface area contributed by atoms with Crippen LogP contribution in [0.4, 0.5) is 5.82 Å². The van der Waals surface area contributed by atoms with E-state index in [9.17, 15) is 4.79 Å². The summed E-state index contributed by atoms with van der Waals surface area (Å²) < 4.78 is 0. The normalized spacial score (nSPS) is 13.7. The van der Waals surface area contributed by atoms with E-state index in [0.717, 1.165) is 23.0 Å². The average Bonchev–Trinajstić information content (AvgIpc) is 2.48. The van der Waals surface area contributed by atoms with Crippen LogP contribution in [0.2, 0.25) is 0 Å². The minimum Gasteiger partial charge on any atom is -0.384 e. The first-order chi connectivity index (χ1) is 9.65. The fourth-order valence-corrected chi connectivity index (χ4v) is 2.80. The zero-order chi connectivity index (χ0) is 14.5. The second kappa shape index (κ2) is 6.63. The smallest absolute Gasteiger partial charge is 0.128 e. The van der Waals surface area contributed by atoms with Gasteiger partial charge < -0.3 is 16.3 Å². The number of carbonyl (C=O) groups is 1. The lowest BCUT2D eigenvalue weighted by Gasteiger charge is -2.19. The van der Waals surface area contributed by atoms with Crippen molar-refractivity contribution in [2.24, 2.45) is 5.73 Å². The zero-order valence-corrected chi connectivity index (χ0v) is 12.5. The van der Waals surface area contributed by atoms with Gasteiger partial charge in [-0.05, 0) is 28.8 Å². The third-order valence-corrected chi connectivity index (χ3v) is 4.26. The highest BCUT2D eigenvalue weighted by atomic mass is 79.9. The van der Waals surface area contributed by atoms with E-state index in [-0.39, 0.29) is 10.7 Å². The van der Waals surface area contributed by atoms with Crippen molar-refractivity contribution in [2.45, 2.75) is 17.3 Å². The Morgan fingerprint density at radius 3 is 2.70 bits per heavy atom. The van der Waals surface area contributed by atoms with Gasteiger partial charge in [-0.2, -0.15) is 0 Å². The van der Waals surface area contributed by atoms with Crippen molar-refractivity contribution in [1.29, 1.82) is 0 Å². The van der Waals surface area contributed by atoms with Crippen molar-refractivity contribution >= 4 is 28.0 Å². The molecular formula is C15H16BrN3O.